The number of nitrogens with one attached hydrogen (secondary N) is 1. The minimum atomic E-state index is -0.891. The van der Waals surface area contributed by atoms with Gasteiger partial charge in [0, 0.05) is 32.7 Å². The Hall–Kier alpha value is -1.30. The third-order valence-electron chi connectivity index (χ3n) is 3.46. The number of piperazine rings is 1. The monoisotopic (exact) mass is 241 g/mol. The lowest BCUT2D eigenvalue weighted by Gasteiger charge is -2.28. The van der Waals surface area contributed by atoms with Gasteiger partial charge >= 0.3 is 12.0 Å². The van der Waals surface area contributed by atoms with Gasteiger partial charge in [-0.25, -0.2) is 4.79 Å². The Bertz CT molecular complexity index is 343. The first-order valence-corrected chi connectivity index (χ1v) is 5.91. The highest BCUT2D eigenvalue weighted by Gasteiger charge is 2.41. The summed E-state index contributed by atoms with van der Waals surface area (Å²) in [5, 5.41) is 12.3. The maximum atomic E-state index is 12.1. The Balaban J connectivity index is 2.04. The summed E-state index contributed by atoms with van der Waals surface area (Å²) in [5.74, 6) is -0.867. The average molecular weight is 241 g/mol. The van der Waals surface area contributed by atoms with Gasteiger partial charge in [-0.3, -0.25) is 4.79 Å². The first-order valence-electron chi connectivity index (χ1n) is 5.91. The Labute approximate surface area is 101 Å². The van der Waals surface area contributed by atoms with E-state index in [-0.39, 0.29) is 18.6 Å². The third-order valence-corrected chi connectivity index (χ3v) is 3.46. The summed E-state index contributed by atoms with van der Waals surface area (Å²) < 4.78 is 0. The van der Waals surface area contributed by atoms with Gasteiger partial charge in [0.05, 0.1) is 11.5 Å². The average Bonchev–Trinajstić information content (AvgIpc) is 2.56. The second-order valence-corrected chi connectivity index (χ2v) is 5.40. The van der Waals surface area contributed by atoms with Crippen LogP contribution < -0.4 is 5.32 Å². The number of nitrogens with zero attached hydrogens (tertiary/aromatic N) is 2. The molecule has 2 amide bonds. The van der Waals surface area contributed by atoms with E-state index in [1.165, 1.54) is 0 Å². The van der Waals surface area contributed by atoms with E-state index in [4.69, 9.17) is 5.11 Å². The predicted molar refractivity (Wildman–Crippen MR) is 61.7 cm³/mol. The quantitative estimate of drug-likeness (QED) is 0.718. The molecular weight excluding hydrogens is 222 g/mol. The van der Waals surface area contributed by atoms with Gasteiger partial charge in [-0.2, -0.15) is 0 Å². The Morgan fingerprint density at radius 3 is 2.88 bits per heavy atom. The molecular formula is C11H19N3O3. The van der Waals surface area contributed by atoms with Gasteiger partial charge in [0.15, 0.2) is 0 Å². The molecule has 0 radical (unpaired) electrons. The van der Waals surface area contributed by atoms with E-state index in [1.54, 1.807) is 18.7 Å². The van der Waals surface area contributed by atoms with Gasteiger partial charge in [0.25, 0.3) is 0 Å². The maximum Gasteiger partial charge on any atom is 0.320 e. The number of hydrogen-bond donors (Lipinski definition) is 2. The molecule has 0 aromatic rings. The molecule has 0 saturated carbocycles. The summed E-state index contributed by atoms with van der Waals surface area (Å²) >= 11 is 0. The summed E-state index contributed by atoms with van der Waals surface area (Å²) in [6, 6.07) is 0.173. The zero-order chi connectivity index (χ0) is 12.6. The van der Waals surface area contributed by atoms with Crippen molar-refractivity contribution in [1.82, 2.24) is 15.1 Å². The lowest BCUT2D eigenvalue weighted by Crippen LogP contribution is -2.50. The van der Waals surface area contributed by atoms with Crippen LogP contribution in [0.4, 0.5) is 4.79 Å². The number of carbonyl (C=O) groups excluding carboxylic acids is 1. The van der Waals surface area contributed by atoms with Gasteiger partial charge in [-0.05, 0) is 13.8 Å². The van der Waals surface area contributed by atoms with Crippen molar-refractivity contribution in [2.75, 3.05) is 32.7 Å². The summed E-state index contributed by atoms with van der Waals surface area (Å²) in [6.45, 7) is 6.54. The molecule has 1 unspecified atom stereocenters. The van der Waals surface area contributed by atoms with Crippen molar-refractivity contribution in [3.05, 3.63) is 0 Å². The number of carboxylic acid groups (broad SMARTS) is 1. The minimum Gasteiger partial charge on any atom is -0.481 e. The van der Waals surface area contributed by atoms with Crippen LogP contribution in [0.3, 0.4) is 0 Å². The van der Waals surface area contributed by atoms with Crippen molar-refractivity contribution in [1.29, 1.82) is 0 Å². The van der Waals surface area contributed by atoms with Crippen LogP contribution >= 0.6 is 0 Å². The second kappa shape index (κ2) is 4.18. The molecule has 96 valence electrons. The van der Waals surface area contributed by atoms with Crippen LogP contribution in [0.15, 0.2) is 0 Å². The summed E-state index contributed by atoms with van der Waals surface area (Å²) in [4.78, 5) is 26.6. The topological polar surface area (TPSA) is 72.9 Å². The van der Waals surface area contributed by atoms with Gasteiger partial charge in [0.2, 0.25) is 0 Å². The maximum absolute atomic E-state index is 12.1. The smallest absolute Gasteiger partial charge is 0.320 e. The van der Waals surface area contributed by atoms with Crippen molar-refractivity contribution in [2.24, 2.45) is 5.41 Å². The van der Waals surface area contributed by atoms with Crippen molar-refractivity contribution in [3.8, 4) is 0 Å². The minimum absolute atomic E-state index is 0.0224. The van der Waals surface area contributed by atoms with Crippen LogP contribution in [0.25, 0.3) is 0 Å². The molecule has 1 atom stereocenters. The molecule has 2 rings (SSSR count). The standard InChI is InChI=1S/C11H19N3O3/c1-11(2,9(15)16)7-13-6-8-5-12-3-4-14(8)10(13)17/h8,12H,3-7H2,1-2H3,(H,15,16). The van der Waals surface area contributed by atoms with Crippen LogP contribution in [0, 0.1) is 5.41 Å². The number of rotatable bonds is 3. The van der Waals surface area contributed by atoms with E-state index in [2.05, 4.69) is 5.32 Å². The van der Waals surface area contributed by atoms with Crippen molar-refractivity contribution in [3.63, 3.8) is 0 Å². The van der Waals surface area contributed by atoms with Gasteiger partial charge in [-0.15, -0.1) is 0 Å². The van der Waals surface area contributed by atoms with Crippen molar-refractivity contribution >= 4 is 12.0 Å². The van der Waals surface area contributed by atoms with E-state index >= 15 is 0 Å². The summed E-state index contributed by atoms with van der Waals surface area (Å²) in [5.41, 5.74) is -0.891. The second-order valence-electron chi connectivity index (χ2n) is 5.40. The van der Waals surface area contributed by atoms with Crippen molar-refractivity contribution < 1.29 is 14.7 Å². The normalized spacial score (nSPS) is 25.1. The number of urea groups is 1. The number of amides is 2. The summed E-state index contributed by atoms with van der Waals surface area (Å²) in [6.07, 6.45) is 0. The van der Waals surface area contributed by atoms with E-state index in [0.717, 1.165) is 13.1 Å². The molecule has 2 N–H and O–H groups in total. The first kappa shape index (κ1) is 12.2. The van der Waals surface area contributed by atoms with E-state index in [0.29, 0.717) is 13.1 Å². The zero-order valence-corrected chi connectivity index (χ0v) is 10.3. The van der Waals surface area contributed by atoms with E-state index < -0.39 is 11.4 Å². The molecule has 2 aliphatic heterocycles. The van der Waals surface area contributed by atoms with Crippen LogP contribution in [-0.2, 0) is 4.79 Å². The molecule has 2 fully saturated rings. The largest absolute Gasteiger partial charge is 0.481 e. The molecule has 0 aliphatic carbocycles. The fourth-order valence-corrected chi connectivity index (χ4v) is 2.37. The lowest BCUT2D eigenvalue weighted by molar-refractivity contribution is -0.147. The van der Waals surface area contributed by atoms with E-state index in [1.807, 2.05) is 4.90 Å². The predicted octanol–water partition coefficient (Wildman–Crippen LogP) is -0.193. The van der Waals surface area contributed by atoms with Gasteiger partial charge in [0.1, 0.15) is 0 Å². The number of carboxylic acids is 1. The molecule has 2 aliphatic rings. The summed E-state index contributed by atoms with van der Waals surface area (Å²) in [7, 11) is 0. The molecule has 2 heterocycles. The Morgan fingerprint density at radius 1 is 1.59 bits per heavy atom. The van der Waals surface area contributed by atoms with Crippen LogP contribution in [0.1, 0.15) is 13.8 Å². The van der Waals surface area contributed by atoms with Gasteiger partial charge in [-0.1, -0.05) is 0 Å². The number of aliphatic carboxylic acids is 1. The van der Waals surface area contributed by atoms with Gasteiger partial charge < -0.3 is 20.2 Å². The molecule has 0 aromatic carbocycles. The molecule has 0 spiro atoms. The highest BCUT2D eigenvalue weighted by Crippen LogP contribution is 2.23. The number of fused-ring (bicyclic) bond motifs is 1. The highest BCUT2D eigenvalue weighted by molar-refractivity contribution is 5.79. The molecule has 6 heteroatoms. The van der Waals surface area contributed by atoms with Crippen LogP contribution in [0.5, 0.6) is 0 Å². The molecule has 0 aromatic heterocycles. The molecule has 2 saturated heterocycles. The first-order chi connectivity index (χ1) is 7.92. The highest BCUT2D eigenvalue weighted by atomic mass is 16.4. The lowest BCUT2D eigenvalue weighted by atomic mass is 9.93. The zero-order valence-electron chi connectivity index (χ0n) is 10.3. The van der Waals surface area contributed by atoms with Crippen LogP contribution in [0.2, 0.25) is 0 Å². The van der Waals surface area contributed by atoms with Crippen molar-refractivity contribution in [2.45, 2.75) is 19.9 Å². The molecule has 6 nitrogen and oxygen atoms in total. The van der Waals surface area contributed by atoms with Crippen LogP contribution in [-0.4, -0.2) is 65.7 Å². The SMILES string of the molecule is CC(C)(CN1CC2CNCCN2C1=O)C(=O)O. The molecule has 17 heavy (non-hydrogen) atoms. The Morgan fingerprint density at radius 2 is 2.29 bits per heavy atom. The number of carbonyl (C=O) groups is 2. The third kappa shape index (κ3) is 2.22. The number of hydrogen-bond acceptors (Lipinski definition) is 3. The fourth-order valence-electron chi connectivity index (χ4n) is 2.37. The molecule has 0 bridgehead atoms. The van der Waals surface area contributed by atoms with E-state index in [9.17, 15) is 9.59 Å². The Kier molecular flexibility index (Phi) is 2.99. The fraction of sp³-hybridized carbons (Fsp3) is 0.818.